The molecule has 70 valence electrons. The van der Waals surface area contributed by atoms with Crippen LogP contribution in [0.2, 0.25) is 0 Å². The summed E-state index contributed by atoms with van der Waals surface area (Å²) in [5.41, 5.74) is 2.50. The summed E-state index contributed by atoms with van der Waals surface area (Å²) < 4.78 is 0. The van der Waals surface area contributed by atoms with Crippen LogP contribution >= 0.6 is 0 Å². The Morgan fingerprint density at radius 3 is 2.77 bits per heavy atom. The van der Waals surface area contributed by atoms with Gasteiger partial charge in [-0.15, -0.1) is 0 Å². The zero-order valence-corrected chi connectivity index (χ0v) is 7.68. The highest BCUT2D eigenvalue weighted by atomic mass is 16.2. The van der Waals surface area contributed by atoms with Crippen molar-refractivity contribution in [3.63, 3.8) is 0 Å². The standard InChI is InChI=1S/C9H12N2O2/c1-6-5-8(11-7(6)2)9(13)10-3-4-12/h4-5,11H,3H2,1-2H3,(H,10,13). The molecule has 1 amide bonds. The average molecular weight is 180 g/mol. The molecule has 0 bridgehead atoms. The molecule has 13 heavy (non-hydrogen) atoms. The van der Waals surface area contributed by atoms with Gasteiger partial charge in [0.25, 0.3) is 5.91 Å². The number of hydrogen-bond acceptors (Lipinski definition) is 2. The van der Waals surface area contributed by atoms with Crippen LogP contribution in [0.3, 0.4) is 0 Å². The predicted molar refractivity (Wildman–Crippen MR) is 48.7 cm³/mol. The van der Waals surface area contributed by atoms with Crippen molar-refractivity contribution in [3.8, 4) is 0 Å². The summed E-state index contributed by atoms with van der Waals surface area (Å²) in [7, 11) is 0. The highest BCUT2D eigenvalue weighted by molar-refractivity contribution is 5.93. The lowest BCUT2D eigenvalue weighted by molar-refractivity contribution is -0.107. The van der Waals surface area contributed by atoms with Gasteiger partial charge in [-0.2, -0.15) is 0 Å². The van der Waals surface area contributed by atoms with Gasteiger partial charge in [0.05, 0.1) is 6.54 Å². The molecule has 0 aliphatic rings. The minimum absolute atomic E-state index is 0.0515. The van der Waals surface area contributed by atoms with Gasteiger partial charge >= 0.3 is 0 Å². The zero-order valence-electron chi connectivity index (χ0n) is 7.68. The van der Waals surface area contributed by atoms with E-state index >= 15 is 0 Å². The summed E-state index contributed by atoms with van der Waals surface area (Å²) in [6.45, 7) is 3.87. The van der Waals surface area contributed by atoms with E-state index in [2.05, 4.69) is 10.3 Å². The molecule has 1 aromatic rings. The first-order chi connectivity index (χ1) is 6.15. The number of aryl methyl sites for hydroxylation is 2. The number of carbonyl (C=O) groups is 2. The Balaban J connectivity index is 2.71. The lowest BCUT2D eigenvalue weighted by Gasteiger charge is -1.96. The molecule has 0 aliphatic heterocycles. The van der Waals surface area contributed by atoms with E-state index < -0.39 is 0 Å². The van der Waals surface area contributed by atoms with Crippen molar-refractivity contribution in [2.45, 2.75) is 13.8 Å². The molecule has 4 heteroatoms. The molecule has 0 fully saturated rings. The number of aldehydes is 1. The normalized spacial score (nSPS) is 9.69. The van der Waals surface area contributed by atoms with Crippen LogP contribution in [0.4, 0.5) is 0 Å². The maximum atomic E-state index is 11.3. The first-order valence-electron chi connectivity index (χ1n) is 4.03. The second-order valence-electron chi connectivity index (χ2n) is 2.87. The van der Waals surface area contributed by atoms with Gasteiger partial charge in [0, 0.05) is 5.69 Å². The molecular weight excluding hydrogens is 168 g/mol. The second kappa shape index (κ2) is 3.89. The lowest BCUT2D eigenvalue weighted by Crippen LogP contribution is -2.25. The number of aromatic nitrogens is 1. The minimum Gasteiger partial charge on any atom is -0.354 e. The van der Waals surface area contributed by atoms with Gasteiger partial charge < -0.3 is 15.1 Å². The van der Waals surface area contributed by atoms with Crippen molar-refractivity contribution in [1.82, 2.24) is 10.3 Å². The predicted octanol–water partition coefficient (Wildman–Crippen LogP) is 0.560. The first-order valence-corrected chi connectivity index (χ1v) is 4.03. The summed E-state index contributed by atoms with van der Waals surface area (Å²) in [6, 6.07) is 1.76. The van der Waals surface area contributed by atoms with Crippen LogP contribution in [0.15, 0.2) is 6.07 Å². The molecule has 0 radical (unpaired) electrons. The summed E-state index contributed by atoms with van der Waals surface area (Å²) in [5.74, 6) is -0.247. The van der Waals surface area contributed by atoms with E-state index in [4.69, 9.17) is 0 Å². The van der Waals surface area contributed by atoms with Crippen molar-refractivity contribution in [2.24, 2.45) is 0 Å². The summed E-state index contributed by atoms with van der Waals surface area (Å²) in [6.07, 6.45) is 0.653. The fraction of sp³-hybridized carbons (Fsp3) is 0.333. The van der Waals surface area contributed by atoms with E-state index in [1.54, 1.807) is 6.07 Å². The number of nitrogens with one attached hydrogen (secondary N) is 2. The molecule has 0 atom stereocenters. The number of aromatic amines is 1. The van der Waals surface area contributed by atoms with Gasteiger partial charge in [0.1, 0.15) is 12.0 Å². The van der Waals surface area contributed by atoms with Crippen LogP contribution in [0.25, 0.3) is 0 Å². The molecule has 0 saturated heterocycles. The van der Waals surface area contributed by atoms with E-state index in [9.17, 15) is 9.59 Å². The third-order valence-electron chi connectivity index (χ3n) is 1.87. The Morgan fingerprint density at radius 2 is 2.31 bits per heavy atom. The molecule has 0 aliphatic carbocycles. The Morgan fingerprint density at radius 1 is 1.62 bits per heavy atom. The molecule has 2 N–H and O–H groups in total. The highest BCUT2D eigenvalue weighted by Crippen LogP contribution is 2.07. The Hall–Kier alpha value is -1.58. The van der Waals surface area contributed by atoms with E-state index in [-0.39, 0.29) is 12.5 Å². The fourth-order valence-corrected chi connectivity index (χ4v) is 1.01. The number of H-pyrrole nitrogens is 1. The largest absolute Gasteiger partial charge is 0.354 e. The molecule has 1 aromatic heterocycles. The minimum atomic E-state index is -0.247. The quantitative estimate of drug-likeness (QED) is 0.667. The molecule has 4 nitrogen and oxygen atoms in total. The van der Waals surface area contributed by atoms with Crippen LogP contribution in [0.1, 0.15) is 21.7 Å². The topological polar surface area (TPSA) is 62.0 Å². The van der Waals surface area contributed by atoms with Gasteiger partial charge in [0.15, 0.2) is 0 Å². The van der Waals surface area contributed by atoms with Gasteiger partial charge in [-0.3, -0.25) is 4.79 Å². The van der Waals surface area contributed by atoms with Gasteiger partial charge in [-0.25, -0.2) is 0 Å². The van der Waals surface area contributed by atoms with Gasteiger partial charge in [0.2, 0.25) is 0 Å². The Bertz CT molecular complexity index is 309. The Kier molecular flexibility index (Phi) is 2.84. The number of amides is 1. The number of hydrogen-bond donors (Lipinski definition) is 2. The van der Waals surface area contributed by atoms with Crippen molar-refractivity contribution >= 4 is 12.2 Å². The monoisotopic (exact) mass is 180 g/mol. The number of rotatable bonds is 3. The Labute approximate surface area is 76.3 Å². The van der Waals surface area contributed by atoms with Gasteiger partial charge in [-0.1, -0.05) is 0 Å². The first kappa shape index (κ1) is 9.51. The lowest BCUT2D eigenvalue weighted by atomic mass is 10.3. The summed E-state index contributed by atoms with van der Waals surface area (Å²) >= 11 is 0. The molecule has 1 heterocycles. The maximum Gasteiger partial charge on any atom is 0.268 e. The van der Waals surface area contributed by atoms with Crippen LogP contribution in [-0.2, 0) is 4.79 Å². The van der Waals surface area contributed by atoms with Crippen molar-refractivity contribution in [1.29, 1.82) is 0 Å². The molecular formula is C9H12N2O2. The van der Waals surface area contributed by atoms with E-state index in [1.165, 1.54) is 0 Å². The van der Waals surface area contributed by atoms with Crippen LogP contribution in [0.5, 0.6) is 0 Å². The smallest absolute Gasteiger partial charge is 0.268 e. The van der Waals surface area contributed by atoms with Crippen LogP contribution in [0, 0.1) is 13.8 Å². The zero-order chi connectivity index (χ0) is 9.84. The van der Waals surface area contributed by atoms with Crippen LogP contribution in [-0.4, -0.2) is 23.7 Å². The summed E-state index contributed by atoms with van der Waals surface area (Å²) in [4.78, 5) is 24.2. The fourth-order valence-electron chi connectivity index (χ4n) is 1.01. The third-order valence-corrected chi connectivity index (χ3v) is 1.87. The molecule has 0 unspecified atom stereocenters. The maximum absolute atomic E-state index is 11.3. The second-order valence-corrected chi connectivity index (χ2v) is 2.87. The van der Waals surface area contributed by atoms with Crippen LogP contribution < -0.4 is 5.32 Å². The van der Waals surface area contributed by atoms with E-state index in [1.807, 2.05) is 13.8 Å². The van der Waals surface area contributed by atoms with Crippen molar-refractivity contribution in [3.05, 3.63) is 23.0 Å². The molecule has 0 spiro atoms. The highest BCUT2D eigenvalue weighted by Gasteiger charge is 2.07. The van der Waals surface area contributed by atoms with E-state index in [0.717, 1.165) is 11.3 Å². The number of carbonyl (C=O) groups excluding carboxylic acids is 2. The molecule has 0 aromatic carbocycles. The average Bonchev–Trinajstić information content (AvgIpc) is 2.43. The van der Waals surface area contributed by atoms with Gasteiger partial charge in [-0.05, 0) is 25.5 Å². The SMILES string of the molecule is Cc1cc(C(=O)NCC=O)[nH]c1C. The van der Waals surface area contributed by atoms with E-state index in [0.29, 0.717) is 12.0 Å². The molecule has 0 saturated carbocycles. The third kappa shape index (κ3) is 2.18. The molecule has 1 rings (SSSR count). The summed E-state index contributed by atoms with van der Waals surface area (Å²) in [5, 5.41) is 2.45. The van der Waals surface area contributed by atoms with Crippen molar-refractivity contribution < 1.29 is 9.59 Å². The van der Waals surface area contributed by atoms with Crippen molar-refractivity contribution in [2.75, 3.05) is 6.54 Å².